The van der Waals surface area contributed by atoms with Crippen LogP contribution in [0, 0.1) is 11.6 Å². The van der Waals surface area contributed by atoms with Gasteiger partial charge in [0.25, 0.3) is 5.91 Å². The first-order valence-corrected chi connectivity index (χ1v) is 5.03. The molecule has 0 aliphatic carbocycles. The molecule has 5 nitrogen and oxygen atoms in total. The Labute approximate surface area is 101 Å². The molecule has 1 aromatic rings. The standard InChI is InChI=1S/C11H11F2NO4/c12-8-3-7(4-9(13)5-8)11(17)14-1-2-18-6-10(15)16/h3-5H,1-2,6H2,(H,14,17)(H,15,16). The molecule has 0 saturated carbocycles. The molecule has 0 saturated heterocycles. The lowest BCUT2D eigenvalue weighted by atomic mass is 10.2. The van der Waals surface area contributed by atoms with Crippen LogP contribution < -0.4 is 5.32 Å². The Kier molecular flexibility index (Phi) is 5.19. The lowest BCUT2D eigenvalue weighted by molar-refractivity contribution is -0.142. The number of carbonyl (C=O) groups excluding carboxylic acids is 1. The fourth-order valence-electron chi connectivity index (χ4n) is 1.18. The van der Waals surface area contributed by atoms with Gasteiger partial charge in [-0.2, -0.15) is 0 Å². The van der Waals surface area contributed by atoms with Crippen molar-refractivity contribution in [3.8, 4) is 0 Å². The third-order valence-electron chi connectivity index (χ3n) is 1.88. The highest BCUT2D eigenvalue weighted by Crippen LogP contribution is 2.07. The molecule has 0 radical (unpaired) electrons. The summed E-state index contributed by atoms with van der Waals surface area (Å²) in [7, 11) is 0. The van der Waals surface area contributed by atoms with Gasteiger partial charge in [0.05, 0.1) is 6.61 Å². The molecule has 0 aliphatic heterocycles. The van der Waals surface area contributed by atoms with E-state index in [0.29, 0.717) is 6.07 Å². The normalized spacial score (nSPS) is 10.1. The van der Waals surface area contributed by atoms with Crippen LogP contribution in [0.2, 0.25) is 0 Å². The summed E-state index contributed by atoms with van der Waals surface area (Å²) in [5, 5.41) is 10.6. The molecule has 0 atom stereocenters. The van der Waals surface area contributed by atoms with E-state index in [2.05, 4.69) is 10.1 Å². The number of nitrogens with one attached hydrogen (secondary N) is 1. The lowest BCUT2D eigenvalue weighted by Gasteiger charge is -2.05. The number of aliphatic carboxylic acids is 1. The van der Waals surface area contributed by atoms with E-state index < -0.39 is 30.1 Å². The summed E-state index contributed by atoms with van der Waals surface area (Å²) in [5.74, 6) is -3.47. The molecule has 7 heteroatoms. The van der Waals surface area contributed by atoms with Crippen LogP contribution in [-0.2, 0) is 9.53 Å². The highest BCUT2D eigenvalue weighted by molar-refractivity contribution is 5.94. The highest BCUT2D eigenvalue weighted by Gasteiger charge is 2.08. The van der Waals surface area contributed by atoms with Crippen LogP contribution >= 0.6 is 0 Å². The highest BCUT2D eigenvalue weighted by atomic mass is 19.1. The van der Waals surface area contributed by atoms with E-state index in [1.807, 2.05) is 0 Å². The maximum atomic E-state index is 12.8. The molecule has 0 aromatic heterocycles. The van der Waals surface area contributed by atoms with Gasteiger partial charge >= 0.3 is 5.97 Å². The van der Waals surface area contributed by atoms with Crippen LogP contribution in [0.15, 0.2) is 18.2 Å². The Balaban J connectivity index is 2.38. The summed E-state index contributed by atoms with van der Waals surface area (Å²) >= 11 is 0. The van der Waals surface area contributed by atoms with Gasteiger partial charge in [-0.1, -0.05) is 0 Å². The van der Waals surface area contributed by atoms with E-state index in [0.717, 1.165) is 12.1 Å². The van der Waals surface area contributed by atoms with E-state index in [4.69, 9.17) is 5.11 Å². The number of amides is 1. The van der Waals surface area contributed by atoms with Crippen molar-refractivity contribution in [3.63, 3.8) is 0 Å². The van der Waals surface area contributed by atoms with E-state index in [1.54, 1.807) is 0 Å². The van der Waals surface area contributed by atoms with Crippen LogP contribution in [0.4, 0.5) is 8.78 Å². The molecule has 2 N–H and O–H groups in total. The third kappa shape index (κ3) is 4.88. The number of rotatable bonds is 6. The van der Waals surface area contributed by atoms with Crippen molar-refractivity contribution in [2.24, 2.45) is 0 Å². The molecule has 1 aromatic carbocycles. The second kappa shape index (κ2) is 6.65. The van der Waals surface area contributed by atoms with Gasteiger partial charge in [0.2, 0.25) is 0 Å². The molecule has 0 unspecified atom stereocenters. The topological polar surface area (TPSA) is 75.6 Å². The first-order valence-electron chi connectivity index (χ1n) is 5.03. The number of halogens is 2. The van der Waals surface area contributed by atoms with Crippen molar-refractivity contribution >= 4 is 11.9 Å². The molecule has 18 heavy (non-hydrogen) atoms. The first kappa shape index (κ1) is 14.0. The third-order valence-corrected chi connectivity index (χ3v) is 1.88. The second-order valence-corrected chi connectivity index (χ2v) is 3.36. The summed E-state index contributed by atoms with van der Waals surface area (Å²) in [6.07, 6.45) is 0. The average Bonchev–Trinajstić information content (AvgIpc) is 2.26. The predicted molar refractivity (Wildman–Crippen MR) is 57.1 cm³/mol. The maximum absolute atomic E-state index is 12.8. The fraction of sp³-hybridized carbons (Fsp3) is 0.273. The molecule has 0 spiro atoms. The van der Waals surface area contributed by atoms with Gasteiger partial charge < -0.3 is 15.2 Å². The minimum absolute atomic E-state index is 0.00413. The molecule has 0 bridgehead atoms. The summed E-state index contributed by atoms with van der Waals surface area (Å²) < 4.78 is 30.3. The van der Waals surface area contributed by atoms with Crippen LogP contribution in [0.25, 0.3) is 0 Å². The predicted octanol–water partition coefficient (Wildman–Crippen LogP) is 0.796. The van der Waals surface area contributed by atoms with E-state index in [1.165, 1.54) is 0 Å². The fourth-order valence-corrected chi connectivity index (χ4v) is 1.18. The minimum atomic E-state index is -1.12. The zero-order chi connectivity index (χ0) is 13.5. The van der Waals surface area contributed by atoms with Crippen molar-refractivity contribution < 1.29 is 28.2 Å². The van der Waals surface area contributed by atoms with Gasteiger partial charge in [-0.05, 0) is 12.1 Å². The van der Waals surface area contributed by atoms with E-state index >= 15 is 0 Å². The Morgan fingerprint density at radius 2 is 1.83 bits per heavy atom. The SMILES string of the molecule is O=C(O)COCCNC(=O)c1cc(F)cc(F)c1. The Morgan fingerprint density at radius 1 is 1.22 bits per heavy atom. The van der Waals surface area contributed by atoms with Gasteiger partial charge in [-0.25, -0.2) is 13.6 Å². The zero-order valence-electron chi connectivity index (χ0n) is 9.28. The molecule has 0 heterocycles. The summed E-state index contributed by atoms with van der Waals surface area (Å²) in [6.45, 7) is -0.426. The largest absolute Gasteiger partial charge is 0.480 e. The van der Waals surface area contributed by atoms with Gasteiger partial charge in [0, 0.05) is 18.2 Å². The van der Waals surface area contributed by atoms with Crippen molar-refractivity contribution in [2.45, 2.75) is 0 Å². The monoisotopic (exact) mass is 259 g/mol. The zero-order valence-corrected chi connectivity index (χ0v) is 9.28. The number of carboxylic acids is 1. The number of benzene rings is 1. The number of ether oxygens (including phenoxy) is 1. The van der Waals surface area contributed by atoms with E-state index in [-0.39, 0.29) is 18.7 Å². The van der Waals surface area contributed by atoms with Crippen LogP contribution in [-0.4, -0.2) is 36.7 Å². The molecule has 98 valence electrons. The van der Waals surface area contributed by atoms with Crippen LogP contribution in [0.1, 0.15) is 10.4 Å². The van der Waals surface area contributed by atoms with Crippen molar-refractivity contribution in [1.82, 2.24) is 5.32 Å². The number of hydrogen-bond donors (Lipinski definition) is 2. The molecule has 0 aliphatic rings. The maximum Gasteiger partial charge on any atom is 0.329 e. The van der Waals surface area contributed by atoms with Crippen molar-refractivity contribution in [2.75, 3.05) is 19.8 Å². The minimum Gasteiger partial charge on any atom is -0.480 e. The summed E-state index contributed by atoms with van der Waals surface area (Å²) in [6, 6.07) is 2.46. The van der Waals surface area contributed by atoms with Gasteiger partial charge in [0.15, 0.2) is 0 Å². The average molecular weight is 259 g/mol. The lowest BCUT2D eigenvalue weighted by Crippen LogP contribution is -2.28. The number of carboxylic acid groups (broad SMARTS) is 1. The smallest absolute Gasteiger partial charge is 0.329 e. The second-order valence-electron chi connectivity index (χ2n) is 3.36. The quantitative estimate of drug-likeness (QED) is 0.741. The number of hydrogen-bond acceptors (Lipinski definition) is 3. The van der Waals surface area contributed by atoms with Gasteiger partial charge in [-0.3, -0.25) is 4.79 Å². The van der Waals surface area contributed by atoms with Crippen molar-refractivity contribution in [3.05, 3.63) is 35.4 Å². The Hall–Kier alpha value is -2.02. The van der Waals surface area contributed by atoms with Gasteiger partial charge in [0.1, 0.15) is 18.2 Å². The summed E-state index contributed by atoms with van der Waals surface area (Å²) in [4.78, 5) is 21.5. The Morgan fingerprint density at radius 3 is 2.39 bits per heavy atom. The molecule has 1 rings (SSSR count). The first-order chi connectivity index (χ1) is 8.49. The van der Waals surface area contributed by atoms with Gasteiger partial charge in [-0.15, -0.1) is 0 Å². The van der Waals surface area contributed by atoms with E-state index in [9.17, 15) is 18.4 Å². The molecule has 1 amide bonds. The molecular weight excluding hydrogens is 248 g/mol. The van der Waals surface area contributed by atoms with Crippen LogP contribution in [0.5, 0.6) is 0 Å². The summed E-state index contributed by atoms with van der Waals surface area (Å²) in [5.41, 5.74) is -0.147. The number of carbonyl (C=O) groups is 2. The van der Waals surface area contributed by atoms with Crippen molar-refractivity contribution in [1.29, 1.82) is 0 Å². The van der Waals surface area contributed by atoms with Crippen LogP contribution in [0.3, 0.4) is 0 Å². The Bertz CT molecular complexity index is 430. The molecular formula is C11H11F2NO4. The molecule has 0 fully saturated rings.